The van der Waals surface area contributed by atoms with Crippen molar-refractivity contribution in [2.75, 3.05) is 14.2 Å². The number of carboxylic acid groups (broad SMARTS) is 1. The number of aliphatic carboxylic acids is 1. The van der Waals surface area contributed by atoms with Crippen molar-refractivity contribution in [3.05, 3.63) is 29.8 Å². The molecule has 17 heavy (non-hydrogen) atoms. The Labute approximate surface area is 100 Å². The second-order valence-corrected chi connectivity index (χ2v) is 3.65. The van der Waals surface area contributed by atoms with E-state index in [2.05, 4.69) is 6.58 Å². The standard InChI is InChI=1S/C13H16O4/c1-8(7-12(14)15)10-5-6-11(16-3)9(2)13(10)17-4/h5-6H,1,7H2,2-4H3,(H,14,15). The Morgan fingerprint density at radius 2 is 2.00 bits per heavy atom. The molecule has 0 atom stereocenters. The summed E-state index contributed by atoms with van der Waals surface area (Å²) in [5.74, 6) is 0.398. The predicted octanol–water partition coefficient (Wildman–Crippen LogP) is 2.50. The highest BCUT2D eigenvalue weighted by atomic mass is 16.5. The lowest BCUT2D eigenvalue weighted by molar-refractivity contribution is -0.135. The molecule has 4 heteroatoms. The molecular formula is C13H16O4. The molecule has 4 nitrogen and oxygen atoms in total. The number of ether oxygens (including phenoxy) is 2. The Balaban J connectivity index is 3.21. The molecular weight excluding hydrogens is 220 g/mol. The quantitative estimate of drug-likeness (QED) is 0.853. The normalized spacial score (nSPS) is 9.82. The van der Waals surface area contributed by atoms with Crippen molar-refractivity contribution in [3.8, 4) is 11.5 Å². The molecule has 0 aliphatic rings. The van der Waals surface area contributed by atoms with Gasteiger partial charge < -0.3 is 14.6 Å². The molecule has 1 aromatic rings. The van der Waals surface area contributed by atoms with E-state index in [9.17, 15) is 4.79 Å². The summed E-state index contributed by atoms with van der Waals surface area (Å²) in [4.78, 5) is 10.7. The smallest absolute Gasteiger partial charge is 0.307 e. The zero-order valence-electron chi connectivity index (χ0n) is 10.2. The average Bonchev–Trinajstić information content (AvgIpc) is 2.27. The third kappa shape index (κ3) is 2.78. The van der Waals surface area contributed by atoms with Gasteiger partial charge in [0.1, 0.15) is 11.5 Å². The van der Waals surface area contributed by atoms with Crippen LogP contribution < -0.4 is 9.47 Å². The van der Waals surface area contributed by atoms with E-state index in [-0.39, 0.29) is 6.42 Å². The molecule has 92 valence electrons. The molecule has 0 aliphatic carbocycles. The lowest BCUT2D eigenvalue weighted by Gasteiger charge is -2.15. The first-order valence-electron chi connectivity index (χ1n) is 5.12. The summed E-state index contributed by atoms with van der Waals surface area (Å²) in [6.07, 6.45) is -0.109. The molecule has 1 N–H and O–H groups in total. The van der Waals surface area contributed by atoms with Crippen LogP contribution in [0, 0.1) is 6.92 Å². The summed E-state index contributed by atoms with van der Waals surface area (Å²) in [5.41, 5.74) is 2.05. The number of carboxylic acids is 1. The molecule has 0 aromatic heterocycles. The molecule has 0 amide bonds. The van der Waals surface area contributed by atoms with Gasteiger partial charge >= 0.3 is 5.97 Å². The number of benzene rings is 1. The van der Waals surface area contributed by atoms with Crippen LogP contribution in [0.25, 0.3) is 5.57 Å². The van der Waals surface area contributed by atoms with Crippen LogP contribution in [0.2, 0.25) is 0 Å². The Hall–Kier alpha value is -1.97. The lowest BCUT2D eigenvalue weighted by Crippen LogP contribution is -2.00. The van der Waals surface area contributed by atoms with E-state index in [1.165, 1.54) is 0 Å². The van der Waals surface area contributed by atoms with E-state index < -0.39 is 5.97 Å². The van der Waals surface area contributed by atoms with Gasteiger partial charge in [0.25, 0.3) is 0 Å². The first-order valence-corrected chi connectivity index (χ1v) is 5.12. The highest BCUT2D eigenvalue weighted by molar-refractivity contribution is 5.85. The fourth-order valence-corrected chi connectivity index (χ4v) is 1.71. The van der Waals surface area contributed by atoms with Crippen LogP contribution in [0.4, 0.5) is 0 Å². The van der Waals surface area contributed by atoms with E-state index in [1.54, 1.807) is 26.4 Å². The van der Waals surface area contributed by atoms with Gasteiger partial charge in [-0.05, 0) is 24.6 Å². The second kappa shape index (κ2) is 5.39. The number of methoxy groups -OCH3 is 2. The van der Waals surface area contributed by atoms with Gasteiger partial charge in [0.15, 0.2) is 0 Å². The van der Waals surface area contributed by atoms with Crippen molar-refractivity contribution < 1.29 is 19.4 Å². The van der Waals surface area contributed by atoms with Crippen LogP contribution in [0.3, 0.4) is 0 Å². The highest BCUT2D eigenvalue weighted by Gasteiger charge is 2.14. The molecule has 0 aliphatic heterocycles. The third-order valence-electron chi connectivity index (χ3n) is 2.53. The molecule has 1 aromatic carbocycles. The zero-order valence-corrected chi connectivity index (χ0v) is 10.2. The van der Waals surface area contributed by atoms with E-state index in [1.807, 2.05) is 6.92 Å². The van der Waals surface area contributed by atoms with E-state index in [4.69, 9.17) is 14.6 Å². The summed E-state index contributed by atoms with van der Waals surface area (Å²) in [5, 5.41) is 8.75. The fraction of sp³-hybridized carbons (Fsp3) is 0.308. The summed E-state index contributed by atoms with van der Waals surface area (Å²) < 4.78 is 10.5. The summed E-state index contributed by atoms with van der Waals surface area (Å²) in [7, 11) is 3.12. The molecule has 0 fully saturated rings. The first-order chi connectivity index (χ1) is 8.01. The Bertz CT molecular complexity index is 449. The van der Waals surface area contributed by atoms with E-state index in [0.29, 0.717) is 22.6 Å². The molecule has 0 unspecified atom stereocenters. The maximum absolute atomic E-state index is 10.7. The highest BCUT2D eigenvalue weighted by Crippen LogP contribution is 2.35. The van der Waals surface area contributed by atoms with Crippen molar-refractivity contribution in [1.29, 1.82) is 0 Å². The minimum atomic E-state index is -0.912. The van der Waals surface area contributed by atoms with Crippen molar-refractivity contribution in [3.63, 3.8) is 0 Å². The van der Waals surface area contributed by atoms with Gasteiger partial charge in [0.05, 0.1) is 20.6 Å². The Morgan fingerprint density at radius 1 is 1.35 bits per heavy atom. The minimum absolute atomic E-state index is 0.109. The molecule has 0 saturated carbocycles. The van der Waals surface area contributed by atoms with E-state index in [0.717, 1.165) is 5.56 Å². The lowest BCUT2D eigenvalue weighted by atomic mass is 10.00. The average molecular weight is 236 g/mol. The minimum Gasteiger partial charge on any atom is -0.496 e. The van der Waals surface area contributed by atoms with Crippen molar-refractivity contribution >= 4 is 11.5 Å². The predicted molar refractivity (Wildman–Crippen MR) is 65.6 cm³/mol. The maximum Gasteiger partial charge on any atom is 0.307 e. The van der Waals surface area contributed by atoms with Crippen LogP contribution in [-0.4, -0.2) is 25.3 Å². The second-order valence-electron chi connectivity index (χ2n) is 3.65. The molecule has 0 spiro atoms. The van der Waals surface area contributed by atoms with Crippen LogP contribution >= 0.6 is 0 Å². The van der Waals surface area contributed by atoms with Crippen LogP contribution in [-0.2, 0) is 4.79 Å². The molecule has 1 rings (SSSR count). The Morgan fingerprint density at radius 3 is 2.47 bits per heavy atom. The van der Waals surface area contributed by atoms with Gasteiger partial charge in [0.2, 0.25) is 0 Å². The summed E-state index contributed by atoms with van der Waals surface area (Å²) >= 11 is 0. The maximum atomic E-state index is 10.7. The Kier molecular flexibility index (Phi) is 4.15. The zero-order chi connectivity index (χ0) is 13.0. The molecule has 0 saturated heterocycles. The monoisotopic (exact) mass is 236 g/mol. The summed E-state index contributed by atoms with van der Waals surface area (Å²) in [6.45, 7) is 5.63. The SMILES string of the molecule is C=C(CC(=O)O)c1ccc(OC)c(C)c1OC. The van der Waals surface area contributed by atoms with Gasteiger partial charge in [-0.15, -0.1) is 0 Å². The van der Waals surface area contributed by atoms with Gasteiger partial charge in [-0.2, -0.15) is 0 Å². The van der Waals surface area contributed by atoms with Crippen molar-refractivity contribution in [2.45, 2.75) is 13.3 Å². The topological polar surface area (TPSA) is 55.8 Å². The molecule has 0 radical (unpaired) electrons. The van der Waals surface area contributed by atoms with Gasteiger partial charge in [-0.3, -0.25) is 4.79 Å². The fourth-order valence-electron chi connectivity index (χ4n) is 1.71. The van der Waals surface area contributed by atoms with Crippen molar-refractivity contribution in [1.82, 2.24) is 0 Å². The number of hydrogen-bond donors (Lipinski definition) is 1. The van der Waals surface area contributed by atoms with Crippen LogP contribution in [0.5, 0.6) is 11.5 Å². The third-order valence-corrected chi connectivity index (χ3v) is 2.53. The molecule has 0 heterocycles. The van der Waals surface area contributed by atoms with Gasteiger partial charge in [0, 0.05) is 11.1 Å². The van der Waals surface area contributed by atoms with Crippen LogP contribution in [0.1, 0.15) is 17.5 Å². The number of hydrogen-bond acceptors (Lipinski definition) is 3. The largest absolute Gasteiger partial charge is 0.496 e. The first kappa shape index (κ1) is 13.1. The van der Waals surface area contributed by atoms with Crippen molar-refractivity contribution in [2.24, 2.45) is 0 Å². The van der Waals surface area contributed by atoms with Gasteiger partial charge in [-0.25, -0.2) is 0 Å². The van der Waals surface area contributed by atoms with Crippen LogP contribution in [0.15, 0.2) is 18.7 Å². The van der Waals surface area contributed by atoms with Gasteiger partial charge in [-0.1, -0.05) is 6.58 Å². The number of rotatable bonds is 5. The molecule has 0 bridgehead atoms. The van der Waals surface area contributed by atoms with E-state index >= 15 is 0 Å². The number of carbonyl (C=O) groups is 1. The summed E-state index contributed by atoms with van der Waals surface area (Å²) in [6, 6.07) is 3.54.